The Hall–Kier alpha value is -2.49. The maximum atomic E-state index is 12.5. The number of hydrogen-bond donors (Lipinski definition) is 1. The van der Waals surface area contributed by atoms with E-state index in [1.807, 2.05) is 32.0 Å². The van der Waals surface area contributed by atoms with E-state index in [0.717, 1.165) is 37.2 Å². The van der Waals surface area contributed by atoms with Gasteiger partial charge < -0.3 is 14.8 Å². The summed E-state index contributed by atoms with van der Waals surface area (Å²) >= 11 is 0. The quantitative estimate of drug-likeness (QED) is 0.584. The lowest BCUT2D eigenvalue weighted by Crippen LogP contribution is -2.38. The number of ether oxygens (including phenoxy) is 2. The minimum Gasteiger partial charge on any atom is -0.494 e. The molecule has 29 heavy (non-hydrogen) atoms. The molecule has 1 aliphatic carbocycles. The second kappa shape index (κ2) is 10.9. The summed E-state index contributed by atoms with van der Waals surface area (Å²) in [7, 11) is 0. The van der Waals surface area contributed by atoms with E-state index in [-0.39, 0.29) is 5.91 Å². The lowest BCUT2D eigenvalue weighted by molar-refractivity contribution is -0.128. The molecule has 0 bridgehead atoms. The molecule has 4 heteroatoms. The summed E-state index contributed by atoms with van der Waals surface area (Å²) in [5.74, 6) is 1.67. The molecular weight excluding hydrogens is 362 g/mol. The highest BCUT2D eigenvalue weighted by Gasteiger charge is 2.19. The van der Waals surface area contributed by atoms with Crippen LogP contribution in [-0.4, -0.2) is 25.2 Å². The van der Waals surface area contributed by atoms with Crippen LogP contribution in [0.2, 0.25) is 0 Å². The second-order valence-corrected chi connectivity index (χ2v) is 7.62. The van der Waals surface area contributed by atoms with Gasteiger partial charge in [-0.05, 0) is 92.8 Å². The van der Waals surface area contributed by atoms with E-state index in [4.69, 9.17) is 9.47 Å². The first-order chi connectivity index (χ1) is 14.2. The Morgan fingerprint density at radius 1 is 1.00 bits per heavy atom. The Labute approximate surface area is 174 Å². The van der Waals surface area contributed by atoms with E-state index in [9.17, 15) is 4.79 Å². The fourth-order valence-corrected chi connectivity index (χ4v) is 3.81. The smallest absolute Gasteiger partial charge is 0.261 e. The minimum atomic E-state index is -0.442. The van der Waals surface area contributed by atoms with E-state index >= 15 is 0 Å². The molecule has 0 aliphatic heterocycles. The molecule has 2 aromatic carbocycles. The Balaban J connectivity index is 1.43. The summed E-state index contributed by atoms with van der Waals surface area (Å²) in [4.78, 5) is 12.5. The van der Waals surface area contributed by atoms with Gasteiger partial charge in [0.25, 0.3) is 5.91 Å². The molecule has 1 N–H and O–H groups in total. The maximum absolute atomic E-state index is 12.5. The average molecular weight is 396 g/mol. The molecule has 1 atom stereocenters. The molecule has 0 saturated carbocycles. The molecule has 1 amide bonds. The fraction of sp³-hybridized carbons (Fsp3) is 0.480. The van der Waals surface area contributed by atoms with E-state index in [1.54, 1.807) is 0 Å². The van der Waals surface area contributed by atoms with Crippen molar-refractivity contribution >= 4 is 5.91 Å². The second-order valence-electron chi connectivity index (χ2n) is 7.62. The Bertz CT molecular complexity index is 785. The van der Waals surface area contributed by atoms with Crippen LogP contribution in [0.15, 0.2) is 42.5 Å². The molecule has 1 unspecified atom stereocenters. The van der Waals surface area contributed by atoms with Gasteiger partial charge in [0.15, 0.2) is 6.10 Å². The summed E-state index contributed by atoms with van der Waals surface area (Å²) in [5, 5.41) is 3.03. The van der Waals surface area contributed by atoms with Gasteiger partial charge >= 0.3 is 0 Å². The van der Waals surface area contributed by atoms with Gasteiger partial charge in [0.1, 0.15) is 11.5 Å². The topological polar surface area (TPSA) is 47.6 Å². The predicted molar refractivity (Wildman–Crippen MR) is 117 cm³/mol. The zero-order valence-electron chi connectivity index (χ0n) is 17.7. The summed E-state index contributed by atoms with van der Waals surface area (Å²) < 4.78 is 11.5. The first-order valence-electron chi connectivity index (χ1n) is 11.0. The molecule has 0 spiro atoms. The van der Waals surface area contributed by atoms with Crippen LogP contribution in [-0.2, 0) is 24.1 Å². The third-order valence-electron chi connectivity index (χ3n) is 5.44. The van der Waals surface area contributed by atoms with Gasteiger partial charge in [-0.25, -0.2) is 0 Å². The monoisotopic (exact) mass is 395 g/mol. The molecule has 156 valence electrons. The Morgan fingerprint density at radius 3 is 2.45 bits per heavy atom. The lowest BCUT2D eigenvalue weighted by atomic mass is 9.92. The molecule has 0 fully saturated rings. The van der Waals surface area contributed by atoms with Crippen LogP contribution < -0.4 is 14.8 Å². The van der Waals surface area contributed by atoms with Crippen molar-refractivity contribution in [2.45, 2.75) is 64.9 Å². The van der Waals surface area contributed by atoms with Crippen LogP contribution in [0.3, 0.4) is 0 Å². The van der Waals surface area contributed by atoms with Crippen LogP contribution in [0.5, 0.6) is 11.5 Å². The number of hydrogen-bond acceptors (Lipinski definition) is 3. The third kappa shape index (κ3) is 6.25. The lowest BCUT2D eigenvalue weighted by Gasteiger charge is -2.20. The number of carbonyl (C=O) groups excluding carboxylic acids is 1. The standard InChI is InChI=1S/C25H33NO3/c1-3-24(29-23-16-13-20-9-5-6-10-21(20)18-23)25(27)26-17-7-8-19-11-14-22(15-12-19)28-4-2/h11-16,18,24H,3-10,17H2,1-2H3,(H,26,27). The van der Waals surface area contributed by atoms with Gasteiger partial charge in [0.05, 0.1) is 6.61 Å². The largest absolute Gasteiger partial charge is 0.494 e. The van der Waals surface area contributed by atoms with Crippen LogP contribution in [0.4, 0.5) is 0 Å². The first kappa shape index (κ1) is 21.2. The first-order valence-corrected chi connectivity index (χ1v) is 11.0. The average Bonchev–Trinajstić information content (AvgIpc) is 2.76. The SMILES string of the molecule is CCOc1ccc(CCCNC(=O)C(CC)Oc2ccc3c(c2)CCCC3)cc1. The van der Waals surface area contributed by atoms with Crippen molar-refractivity contribution < 1.29 is 14.3 Å². The number of benzene rings is 2. The van der Waals surface area contributed by atoms with Gasteiger partial charge in [-0.3, -0.25) is 4.79 Å². The molecule has 0 radical (unpaired) electrons. The van der Waals surface area contributed by atoms with Crippen molar-refractivity contribution in [1.82, 2.24) is 5.32 Å². The molecule has 0 aromatic heterocycles. The van der Waals surface area contributed by atoms with Crippen LogP contribution in [0.1, 0.15) is 56.2 Å². The molecule has 0 saturated heterocycles. The molecule has 1 aliphatic rings. The Morgan fingerprint density at radius 2 is 1.72 bits per heavy atom. The third-order valence-corrected chi connectivity index (χ3v) is 5.44. The van der Waals surface area contributed by atoms with Gasteiger partial charge in [-0.2, -0.15) is 0 Å². The van der Waals surface area contributed by atoms with Gasteiger partial charge in [0, 0.05) is 6.54 Å². The maximum Gasteiger partial charge on any atom is 0.261 e. The van der Waals surface area contributed by atoms with E-state index in [2.05, 4.69) is 29.6 Å². The molecule has 3 rings (SSSR count). The summed E-state index contributed by atoms with van der Waals surface area (Å²) in [5.41, 5.74) is 4.05. The number of amides is 1. The normalized spacial score (nSPS) is 14.0. The van der Waals surface area contributed by atoms with Crippen LogP contribution >= 0.6 is 0 Å². The number of carbonyl (C=O) groups is 1. The zero-order valence-corrected chi connectivity index (χ0v) is 17.7. The highest BCUT2D eigenvalue weighted by Crippen LogP contribution is 2.26. The van der Waals surface area contributed by atoms with E-state index < -0.39 is 6.10 Å². The predicted octanol–water partition coefficient (Wildman–Crippen LogP) is 4.87. The van der Waals surface area contributed by atoms with Gasteiger partial charge in [-0.1, -0.05) is 25.1 Å². The van der Waals surface area contributed by atoms with Crippen LogP contribution in [0, 0.1) is 0 Å². The van der Waals surface area contributed by atoms with Crippen molar-refractivity contribution in [3.05, 3.63) is 59.2 Å². The van der Waals surface area contributed by atoms with E-state index in [1.165, 1.54) is 29.5 Å². The van der Waals surface area contributed by atoms with Crippen molar-refractivity contribution in [2.75, 3.05) is 13.2 Å². The van der Waals surface area contributed by atoms with Gasteiger partial charge in [0.2, 0.25) is 0 Å². The highest BCUT2D eigenvalue weighted by atomic mass is 16.5. The summed E-state index contributed by atoms with van der Waals surface area (Å²) in [6.07, 6.45) is 6.81. The fourth-order valence-electron chi connectivity index (χ4n) is 3.81. The number of rotatable bonds is 10. The number of aryl methyl sites for hydroxylation is 3. The summed E-state index contributed by atoms with van der Waals surface area (Å²) in [6.45, 7) is 5.30. The molecular formula is C25H33NO3. The summed E-state index contributed by atoms with van der Waals surface area (Å²) in [6, 6.07) is 14.4. The van der Waals surface area contributed by atoms with Crippen molar-refractivity contribution in [2.24, 2.45) is 0 Å². The zero-order chi connectivity index (χ0) is 20.5. The van der Waals surface area contributed by atoms with E-state index in [0.29, 0.717) is 19.6 Å². The Kier molecular flexibility index (Phi) is 7.97. The highest BCUT2D eigenvalue weighted by molar-refractivity contribution is 5.81. The molecule has 2 aromatic rings. The minimum absolute atomic E-state index is 0.0306. The number of nitrogens with one attached hydrogen (secondary N) is 1. The van der Waals surface area contributed by atoms with Crippen molar-refractivity contribution in [1.29, 1.82) is 0 Å². The van der Waals surface area contributed by atoms with Gasteiger partial charge in [-0.15, -0.1) is 0 Å². The van der Waals surface area contributed by atoms with Crippen LogP contribution in [0.25, 0.3) is 0 Å². The van der Waals surface area contributed by atoms with Crippen molar-refractivity contribution in [3.8, 4) is 11.5 Å². The molecule has 0 heterocycles. The molecule has 4 nitrogen and oxygen atoms in total. The number of fused-ring (bicyclic) bond motifs is 1. The van der Waals surface area contributed by atoms with Crippen molar-refractivity contribution in [3.63, 3.8) is 0 Å².